The Kier molecular flexibility index (Phi) is 4.22. The Balaban J connectivity index is 1.92. The quantitative estimate of drug-likeness (QED) is 0.931. The van der Waals surface area contributed by atoms with Crippen molar-refractivity contribution in [2.45, 2.75) is 26.7 Å². The number of rotatable bonds is 4. The Bertz CT molecular complexity index is 573. The summed E-state index contributed by atoms with van der Waals surface area (Å²) in [6, 6.07) is 7.09. The molecule has 2 rings (SSSR count). The molecule has 4 nitrogen and oxygen atoms in total. The van der Waals surface area contributed by atoms with E-state index in [-0.39, 0.29) is 5.91 Å². The number of aromatic nitrogens is 1. The van der Waals surface area contributed by atoms with Crippen LogP contribution in [0.15, 0.2) is 28.8 Å². The topological polar surface area (TPSA) is 55.1 Å². The number of hydrogen-bond donors (Lipinski definition) is 1. The highest BCUT2D eigenvalue weighted by atomic mass is 35.5. The van der Waals surface area contributed by atoms with E-state index >= 15 is 0 Å². The van der Waals surface area contributed by atoms with Gasteiger partial charge in [0.05, 0.1) is 5.69 Å². The molecule has 0 saturated carbocycles. The molecule has 1 aromatic carbocycles. The molecule has 0 bridgehead atoms. The maximum absolute atomic E-state index is 11.8. The maximum Gasteiger partial charge on any atom is 0.224 e. The molecule has 1 amide bonds. The Morgan fingerprint density at radius 2 is 2.21 bits per heavy atom. The lowest BCUT2D eigenvalue weighted by molar-refractivity contribution is -0.116. The lowest BCUT2D eigenvalue weighted by atomic mass is 10.1. The zero-order valence-electron chi connectivity index (χ0n) is 10.9. The van der Waals surface area contributed by atoms with Gasteiger partial charge in [-0.2, -0.15) is 0 Å². The summed E-state index contributed by atoms with van der Waals surface area (Å²) in [7, 11) is 0. The van der Waals surface area contributed by atoms with Gasteiger partial charge in [-0.15, -0.1) is 0 Å². The minimum atomic E-state index is -0.0535. The number of aryl methyl sites for hydroxylation is 2. The Labute approximate surface area is 116 Å². The second kappa shape index (κ2) is 5.89. The summed E-state index contributed by atoms with van der Waals surface area (Å²) in [5, 5.41) is 7.28. The van der Waals surface area contributed by atoms with Crippen molar-refractivity contribution in [3.63, 3.8) is 0 Å². The van der Waals surface area contributed by atoms with E-state index in [1.165, 1.54) is 0 Å². The second-order valence-corrected chi connectivity index (χ2v) is 4.80. The first-order valence-electron chi connectivity index (χ1n) is 6.03. The van der Waals surface area contributed by atoms with Crippen molar-refractivity contribution in [1.29, 1.82) is 0 Å². The van der Waals surface area contributed by atoms with Crippen LogP contribution in [0.3, 0.4) is 0 Å². The van der Waals surface area contributed by atoms with E-state index < -0.39 is 0 Å². The Hall–Kier alpha value is -1.81. The zero-order chi connectivity index (χ0) is 13.8. The fourth-order valence-corrected chi connectivity index (χ4v) is 2.08. The number of anilines is 1. The molecular weight excluding hydrogens is 264 g/mol. The lowest BCUT2D eigenvalue weighted by Gasteiger charge is -2.05. The average molecular weight is 279 g/mol. The first kappa shape index (κ1) is 13.6. The summed E-state index contributed by atoms with van der Waals surface area (Å²) in [6.45, 7) is 3.73. The van der Waals surface area contributed by atoms with Crippen LogP contribution in [-0.2, 0) is 11.2 Å². The first-order chi connectivity index (χ1) is 9.06. The number of nitrogens with zero attached hydrogens (tertiary/aromatic N) is 1. The molecule has 5 heteroatoms. The van der Waals surface area contributed by atoms with E-state index in [9.17, 15) is 4.79 Å². The fraction of sp³-hybridized carbons (Fsp3) is 0.286. The molecule has 1 N–H and O–H groups in total. The predicted molar refractivity (Wildman–Crippen MR) is 74.4 cm³/mol. The van der Waals surface area contributed by atoms with Gasteiger partial charge in [0.2, 0.25) is 5.91 Å². The van der Waals surface area contributed by atoms with Crippen molar-refractivity contribution < 1.29 is 9.32 Å². The van der Waals surface area contributed by atoms with Gasteiger partial charge in [0.15, 0.2) is 0 Å². The van der Waals surface area contributed by atoms with Crippen molar-refractivity contribution >= 4 is 23.2 Å². The standard InChI is InChI=1S/C14H15ClN2O2/c1-9-13(10(2)19-17-9)6-7-14(18)16-12-5-3-4-11(15)8-12/h3-5,8H,6-7H2,1-2H3,(H,16,18). The van der Waals surface area contributed by atoms with Crippen LogP contribution in [-0.4, -0.2) is 11.1 Å². The number of halogens is 1. The molecule has 0 spiro atoms. The number of carbonyl (C=O) groups is 1. The van der Waals surface area contributed by atoms with E-state index in [1.54, 1.807) is 24.3 Å². The van der Waals surface area contributed by atoms with Gasteiger partial charge < -0.3 is 9.84 Å². The van der Waals surface area contributed by atoms with Crippen LogP contribution in [0.1, 0.15) is 23.4 Å². The molecule has 100 valence electrons. The molecule has 0 radical (unpaired) electrons. The van der Waals surface area contributed by atoms with Gasteiger partial charge in [0.25, 0.3) is 0 Å². The molecule has 0 aliphatic carbocycles. The van der Waals surface area contributed by atoms with E-state index in [0.29, 0.717) is 23.6 Å². The second-order valence-electron chi connectivity index (χ2n) is 4.36. The summed E-state index contributed by atoms with van der Waals surface area (Å²) in [6.07, 6.45) is 1.00. The van der Waals surface area contributed by atoms with Crippen molar-refractivity contribution in [2.75, 3.05) is 5.32 Å². The number of hydrogen-bond acceptors (Lipinski definition) is 3. The molecule has 19 heavy (non-hydrogen) atoms. The number of benzene rings is 1. The molecule has 2 aromatic rings. The maximum atomic E-state index is 11.8. The van der Waals surface area contributed by atoms with Crippen LogP contribution in [0.5, 0.6) is 0 Å². The molecule has 0 saturated heterocycles. The highest BCUT2D eigenvalue weighted by Crippen LogP contribution is 2.17. The summed E-state index contributed by atoms with van der Waals surface area (Å²) in [5.74, 6) is 0.718. The van der Waals surface area contributed by atoms with Crippen LogP contribution >= 0.6 is 11.6 Å². The SMILES string of the molecule is Cc1noc(C)c1CCC(=O)Nc1cccc(Cl)c1. The highest BCUT2D eigenvalue weighted by molar-refractivity contribution is 6.30. The monoisotopic (exact) mass is 278 g/mol. The smallest absolute Gasteiger partial charge is 0.224 e. The molecular formula is C14H15ClN2O2. The van der Waals surface area contributed by atoms with Gasteiger partial charge in [-0.05, 0) is 38.5 Å². The van der Waals surface area contributed by atoms with Gasteiger partial charge >= 0.3 is 0 Å². The summed E-state index contributed by atoms with van der Waals surface area (Å²) < 4.78 is 5.06. The molecule has 0 unspecified atom stereocenters. The molecule has 0 atom stereocenters. The number of nitrogens with one attached hydrogen (secondary N) is 1. The molecule has 0 aliphatic rings. The fourth-order valence-electron chi connectivity index (χ4n) is 1.89. The molecule has 1 heterocycles. The minimum absolute atomic E-state index is 0.0535. The van der Waals surface area contributed by atoms with Crippen LogP contribution in [0.25, 0.3) is 0 Å². The van der Waals surface area contributed by atoms with Crippen molar-refractivity contribution in [2.24, 2.45) is 0 Å². The highest BCUT2D eigenvalue weighted by Gasteiger charge is 2.11. The van der Waals surface area contributed by atoms with Crippen molar-refractivity contribution in [1.82, 2.24) is 5.16 Å². The van der Waals surface area contributed by atoms with Crippen molar-refractivity contribution in [3.8, 4) is 0 Å². The predicted octanol–water partition coefficient (Wildman–Crippen LogP) is 3.52. The van der Waals surface area contributed by atoms with E-state index in [1.807, 2.05) is 13.8 Å². The van der Waals surface area contributed by atoms with E-state index in [2.05, 4.69) is 10.5 Å². The van der Waals surface area contributed by atoms with Crippen LogP contribution in [0.2, 0.25) is 5.02 Å². The Morgan fingerprint density at radius 3 is 2.84 bits per heavy atom. The van der Waals surface area contributed by atoms with Crippen LogP contribution < -0.4 is 5.32 Å². The third-order valence-electron chi connectivity index (χ3n) is 2.89. The van der Waals surface area contributed by atoms with Gasteiger partial charge in [0.1, 0.15) is 5.76 Å². The van der Waals surface area contributed by atoms with Gasteiger partial charge in [0, 0.05) is 22.7 Å². The van der Waals surface area contributed by atoms with E-state index in [4.69, 9.17) is 16.1 Å². The number of amides is 1. The third-order valence-corrected chi connectivity index (χ3v) is 3.13. The van der Waals surface area contributed by atoms with Gasteiger partial charge in [-0.25, -0.2) is 0 Å². The average Bonchev–Trinajstić information content (AvgIpc) is 2.67. The molecule has 0 aliphatic heterocycles. The normalized spacial score (nSPS) is 10.5. The van der Waals surface area contributed by atoms with Gasteiger partial charge in [-0.1, -0.05) is 22.8 Å². The minimum Gasteiger partial charge on any atom is -0.361 e. The summed E-state index contributed by atoms with van der Waals surface area (Å²) in [5.41, 5.74) is 2.55. The molecule has 1 aromatic heterocycles. The summed E-state index contributed by atoms with van der Waals surface area (Å²) >= 11 is 5.86. The largest absolute Gasteiger partial charge is 0.361 e. The number of carbonyl (C=O) groups excluding carboxylic acids is 1. The third kappa shape index (κ3) is 3.58. The Morgan fingerprint density at radius 1 is 1.42 bits per heavy atom. The molecule has 0 fully saturated rings. The van der Waals surface area contributed by atoms with Gasteiger partial charge in [-0.3, -0.25) is 4.79 Å². The van der Waals surface area contributed by atoms with Crippen molar-refractivity contribution in [3.05, 3.63) is 46.3 Å². The zero-order valence-corrected chi connectivity index (χ0v) is 11.6. The van der Waals surface area contributed by atoms with Crippen LogP contribution in [0.4, 0.5) is 5.69 Å². The summed E-state index contributed by atoms with van der Waals surface area (Å²) in [4.78, 5) is 11.8. The van der Waals surface area contributed by atoms with E-state index in [0.717, 1.165) is 17.0 Å². The van der Waals surface area contributed by atoms with Crippen LogP contribution in [0, 0.1) is 13.8 Å². The first-order valence-corrected chi connectivity index (χ1v) is 6.41. The lowest BCUT2D eigenvalue weighted by Crippen LogP contribution is -2.12.